The summed E-state index contributed by atoms with van der Waals surface area (Å²) in [5.74, 6) is -0.534. The van der Waals surface area contributed by atoms with Crippen LogP contribution in [0.25, 0.3) is 0 Å². The van der Waals surface area contributed by atoms with Crippen LogP contribution in [0, 0.1) is 19.7 Å². The molecule has 3 aromatic rings. The SMILES string of the molecule is CCC1(c2ccc(F)cc2)NC(=O)N(CC(=O)c2cc(C)n(Cc3ccco3)c2C)C1=O. The maximum atomic E-state index is 13.4. The molecule has 1 saturated heterocycles. The molecule has 0 spiro atoms. The van der Waals surface area contributed by atoms with Gasteiger partial charge in [0.05, 0.1) is 19.4 Å². The third-order valence-electron chi connectivity index (χ3n) is 6.11. The number of amides is 3. The van der Waals surface area contributed by atoms with E-state index < -0.39 is 23.3 Å². The summed E-state index contributed by atoms with van der Waals surface area (Å²) in [7, 11) is 0. The maximum Gasteiger partial charge on any atom is 0.325 e. The summed E-state index contributed by atoms with van der Waals surface area (Å²) in [5, 5.41) is 2.72. The zero-order valence-corrected chi connectivity index (χ0v) is 18.1. The lowest BCUT2D eigenvalue weighted by Gasteiger charge is -2.25. The predicted molar refractivity (Wildman–Crippen MR) is 115 cm³/mol. The molecule has 1 aliphatic heterocycles. The fourth-order valence-electron chi connectivity index (χ4n) is 4.26. The van der Waals surface area contributed by atoms with E-state index in [-0.39, 0.29) is 18.7 Å². The van der Waals surface area contributed by atoms with Crippen LogP contribution in [0.3, 0.4) is 0 Å². The minimum absolute atomic E-state index is 0.269. The first-order valence-electron chi connectivity index (χ1n) is 10.4. The Morgan fingerprint density at radius 3 is 2.50 bits per heavy atom. The number of hydrogen-bond donors (Lipinski definition) is 1. The molecule has 4 rings (SSSR count). The Morgan fingerprint density at radius 2 is 1.88 bits per heavy atom. The third-order valence-corrected chi connectivity index (χ3v) is 6.11. The summed E-state index contributed by atoms with van der Waals surface area (Å²) in [5.41, 5.74) is 1.21. The Labute approximate surface area is 184 Å². The van der Waals surface area contributed by atoms with Crippen molar-refractivity contribution in [2.75, 3.05) is 6.54 Å². The predicted octanol–water partition coefficient (Wildman–Crippen LogP) is 3.93. The third kappa shape index (κ3) is 3.51. The fraction of sp³-hybridized carbons (Fsp3) is 0.292. The number of hydrogen-bond acceptors (Lipinski definition) is 4. The second-order valence-corrected chi connectivity index (χ2v) is 7.96. The topological polar surface area (TPSA) is 84.6 Å². The summed E-state index contributed by atoms with van der Waals surface area (Å²) >= 11 is 0. The summed E-state index contributed by atoms with van der Waals surface area (Å²) in [6.45, 7) is 5.57. The van der Waals surface area contributed by atoms with Gasteiger partial charge in [-0.05, 0) is 56.2 Å². The van der Waals surface area contributed by atoms with E-state index in [4.69, 9.17) is 4.42 Å². The Kier molecular flexibility index (Phi) is 5.46. The first-order chi connectivity index (χ1) is 15.3. The Morgan fingerprint density at radius 1 is 1.16 bits per heavy atom. The number of rotatable bonds is 7. The molecule has 8 heteroatoms. The summed E-state index contributed by atoms with van der Waals surface area (Å²) in [6, 6.07) is 10.2. The lowest BCUT2D eigenvalue weighted by atomic mass is 9.87. The molecule has 0 bridgehead atoms. The van der Waals surface area contributed by atoms with Gasteiger partial charge < -0.3 is 14.3 Å². The van der Waals surface area contributed by atoms with Crippen molar-refractivity contribution in [3.05, 3.63) is 82.8 Å². The van der Waals surface area contributed by atoms with E-state index in [1.807, 2.05) is 24.5 Å². The van der Waals surface area contributed by atoms with E-state index in [1.165, 1.54) is 24.3 Å². The molecular weight excluding hydrogens is 413 g/mol. The Hall–Kier alpha value is -3.68. The molecule has 1 aliphatic rings. The fourth-order valence-corrected chi connectivity index (χ4v) is 4.26. The van der Waals surface area contributed by atoms with Gasteiger partial charge in [0.25, 0.3) is 5.91 Å². The van der Waals surface area contributed by atoms with Crippen molar-refractivity contribution >= 4 is 17.7 Å². The Balaban J connectivity index is 1.58. The van der Waals surface area contributed by atoms with Crippen LogP contribution in [-0.2, 0) is 16.9 Å². The molecule has 166 valence electrons. The van der Waals surface area contributed by atoms with E-state index in [2.05, 4.69) is 5.32 Å². The van der Waals surface area contributed by atoms with E-state index in [1.54, 1.807) is 25.3 Å². The highest BCUT2D eigenvalue weighted by Crippen LogP contribution is 2.33. The second kappa shape index (κ2) is 8.11. The van der Waals surface area contributed by atoms with Gasteiger partial charge in [0.1, 0.15) is 17.1 Å². The number of halogens is 1. The van der Waals surface area contributed by atoms with E-state index in [9.17, 15) is 18.8 Å². The van der Waals surface area contributed by atoms with Crippen molar-refractivity contribution in [1.82, 2.24) is 14.8 Å². The number of nitrogens with one attached hydrogen (secondary N) is 1. The van der Waals surface area contributed by atoms with Crippen molar-refractivity contribution in [1.29, 1.82) is 0 Å². The lowest BCUT2D eigenvalue weighted by molar-refractivity contribution is -0.131. The molecular formula is C24H24FN3O4. The quantitative estimate of drug-likeness (QED) is 0.448. The number of aryl methyl sites for hydroxylation is 1. The van der Waals surface area contributed by atoms with E-state index in [0.29, 0.717) is 17.7 Å². The van der Waals surface area contributed by atoms with Crippen LogP contribution < -0.4 is 5.32 Å². The standard InChI is InChI=1S/C24H24FN3O4/c1-4-24(17-7-9-18(25)10-8-17)22(30)28(23(31)26-24)14-21(29)20-12-15(2)27(16(20)3)13-19-6-5-11-32-19/h5-12H,4,13-14H2,1-3H3,(H,26,31). The van der Waals surface area contributed by atoms with Gasteiger partial charge >= 0.3 is 6.03 Å². The number of Topliss-reactive ketones (excluding diaryl/α,β-unsaturated/α-hetero) is 1. The number of benzene rings is 1. The van der Waals surface area contributed by atoms with Crippen LogP contribution in [0.4, 0.5) is 9.18 Å². The molecule has 7 nitrogen and oxygen atoms in total. The lowest BCUT2D eigenvalue weighted by Crippen LogP contribution is -2.43. The van der Waals surface area contributed by atoms with E-state index in [0.717, 1.165) is 22.0 Å². The van der Waals surface area contributed by atoms with E-state index >= 15 is 0 Å². The zero-order valence-electron chi connectivity index (χ0n) is 18.1. The molecule has 2 aromatic heterocycles. The Bertz CT molecular complexity index is 1180. The second-order valence-electron chi connectivity index (χ2n) is 7.96. The van der Waals surface area contributed by atoms with Crippen molar-refractivity contribution in [2.24, 2.45) is 0 Å². The average molecular weight is 437 g/mol. The van der Waals surface area contributed by atoms with Gasteiger partial charge in [0.15, 0.2) is 5.78 Å². The molecule has 32 heavy (non-hydrogen) atoms. The molecule has 0 aliphatic carbocycles. The van der Waals surface area contributed by atoms with Gasteiger partial charge in [0.2, 0.25) is 0 Å². The van der Waals surface area contributed by atoms with Crippen molar-refractivity contribution in [2.45, 2.75) is 39.3 Å². The number of carbonyl (C=O) groups excluding carboxylic acids is 3. The zero-order chi connectivity index (χ0) is 23.0. The van der Waals surface area contributed by atoms with Crippen LogP contribution >= 0.6 is 0 Å². The molecule has 3 amide bonds. The minimum atomic E-state index is -1.32. The highest BCUT2D eigenvalue weighted by Gasteiger charge is 2.51. The summed E-state index contributed by atoms with van der Waals surface area (Å²) < 4.78 is 20.7. The molecule has 1 aromatic carbocycles. The monoisotopic (exact) mass is 437 g/mol. The van der Waals surface area contributed by atoms with Crippen molar-refractivity contribution in [3.8, 4) is 0 Å². The van der Waals surface area contributed by atoms with Gasteiger partial charge in [-0.2, -0.15) is 0 Å². The number of imide groups is 1. The van der Waals surface area contributed by atoms with Crippen LogP contribution in [0.2, 0.25) is 0 Å². The normalized spacial score (nSPS) is 18.3. The van der Waals surface area contributed by atoms with Crippen molar-refractivity contribution < 1.29 is 23.2 Å². The minimum Gasteiger partial charge on any atom is -0.467 e. The van der Waals surface area contributed by atoms with Crippen LogP contribution in [0.1, 0.15) is 46.4 Å². The van der Waals surface area contributed by atoms with Gasteiger partial charge in [-0.15, -0.1) is 0 Å². The molecule has 1 atom stereocenters. The van der Waals surface area contributed by atoms with Crippen LogP contribution in [-0.4, -0.2) is 33.7 Å². The number of nitrogens with zero attached hydrogens (tertiary/aromatic N) is 2. The number of furan rings is 1. The summed E-state index contributed by atoms with van der Waals surface area (Å²) in [4.78, 5) is 40.0. The number of ketones is 1. The van der Waals surface area contributed by atoms with Crippen molar-refractivity contribution in [3.63, 3.8) is 0 Å². The molecule has 1 fully saturated rings. The van der Waals surface area contributed by atoms with Gasteiger partial charge in [-0.25, -0.2) is 9.18 Å². The van der Waals surface area contributed by atoms with Gasteiger partial charge in [-0.3, -0.25) is 14.5 Å². The van der Waals surface area contributed by atoms with Gasteiger partial charge in [0, 0.05) is 17.0 Å². The number of carbonyl (C=O) groups is 3. The highest BCUT2D eigenvalue weighted by molar-refractivity contribution is 6.11. The van der Waals surface area contributed by atoms with Crippen LogP contribution in [0.15, 0.2) is 53.1 Å². The molecule has 3 heterocycles. The number of urea groups is 1. The smallest absolute Gasteiger partial charge is 0.325 e. The largest absolute Gasteiger partial charge is 0.467 e. The molecule has 0 radical (unpaired) electrons. The first kappa shape index (κ1) is 21.5. The first-order valence-corrected chi connectivity index (χ1v) is 10.4. The number of aromatic nitrogens is 1. The maximum absolute atomic E-state index is 13.4. The van der Waals surface area contributed by atoms with Crippen LogP contribution in [0.5, 0.6) is 0 Å². The summed E-state index contributed by atoms with van der Waals surface area (Å²) in [6.07, 6.45) is 1.86. The molecule has 0 saturated carbocycles. The van der Waals surface area contributed by atoms with Gasteiger partial charge in [-0.1, -0.05) is 19.1 Å². The molecule has 1 N–H and O–H groups in total. The molecule has 1 unspecified atom stereocenters. The average Bonchev–Trinajstić information content (AvgIpc) is 3.45. The highest BCUT2D eigenvalue weighted by atomic mass is 19.1.